The van der Waals surface area contributed by atoms with Crippen LogP contribution in [-0.4, -0.2) is 10.5 Å². The summed E-state index contributed by atoms with van der Waals surface area (Å²) in [6.07, 6.45) is 3.67. The number of rotatable bonds is 2. The largest absolute Gasteiger partial charge is 0.356 e. The summed E-state index contributed by atoms with van der Waals surface area (Å²) < 4.78 is 1.86. The van der Waals surface area contributed by atoms with Crippen LogP contribution >= 0.6 is 0 Å². The minimum Gasteiger partial charge on any atom is -0.356 e. The Kier molecular flexibility index (Phi) is 3.00. The fraction of sp³-hybridized carbons (Fsp3) is 0.214. The molecule has 88 valence electrons. The number of para-hydroxylation sites is 1. The lowest BCUT2D eigenvalue weighted by atomic mass is 10.1. The van der Waals surface area contributed by atoms with Crippen molar-refractivity contribution in [3.63, 3.8) is 0 Å². The first-order valence-corrected chi connectivity index (χ1v) is 5.57. The van der Waals surface area contributed by atoms with Gasteiger partial charge in [-0.05, 0) is 31.0 Å². The van der Waals surface area contributed by atoms with Gasteiger partial charge in [0.2, 0.25) is 0 Å². The Morgan fingerprint density at radius 2 is 1.82 bits per heavy atom. The van der Waals surface area contributed by atoms with E-state index in [0.717, 1.165) is 16.8 Å². The van der Waals surface area contributed by atoms with E-state index in [4.69, 9.17) is 0 Å². The Hall–Kier alpha value is -2.03. The summed E-state index contributed by atoms with van der Waals surface area (Å²) in [5, 5.41) is 2.96. The van der Waals surface area contributed by atoms with Gasteiger partial charge in [-0.2, -0.15) is 0 Å². The van der Waals surface area contributed by atoms with Gasteiger partial charge in [-0.3, -0.25) is 4.79 Å². The highest BCUT2D eigenvalue weighted by Crippen LogP contribution is 2.20. The molecule has 0 fully saturated rings. The first kappa shape index (κ1) is 11.5. The molecule has 0 spiro atoms. The first-order chi connectivity index (χ1) is 8.08. The van der Waals surface area contributed by atoms with Crippen molar-refractivity contribution < 1.29 is 4.79 Å². The maximum absolute atomic E-state index is 12.0. The summed E-state index contributed by atoms with van der Waals surface area (Å²) in [6.45, 7) is 3.99. The van der Waals surface area contributed by atoms with Gasteiger partial charge < -0.3 is 9.88 Å². The molecule has 0 atom stereocenters. The predicted molar refractivity (Wildman–Crippen MR) is 69.3 cm³/mol. The molecule has 0 aliphatic heterocycles. The number of hydrogen-bond acceptors (Lipinski definition) is 1. The van der Waals surface area contributed by atoms with E-state index in [0.29, 0.717) is 5.56 Å². The minimum absolute atomic E-state index is 0.0667. The number of hydrogen-bond donors (Lipinski definition) is 1. The highest BCUT2D eigenvalue weighted by atomic mass is 16.1. The Labute approximate surface area is 101 Å². The molecule has 2 aromatic rings. The molecule has 0 aliphatic carbocycles. The molecule has 0 saturated carbocycles. The maximum atomic E-state index is 12.0. The first-order valence-electron chi connectivity index (χ1n) is 5.57. The van der Waals surface area contributed by atoms with Gasteiger partial charge in [-0.25, -0.2) is 0 Å². The van der Waals surface area contributed by atoms with E-state index in [1.165, 1.54) is 0 Å². The van der Waals surface area contributed by atoms with E-state index < -0.39 is 0 Å². The lowest BCUT2D eigenvalue weighted by Gasteiger charge is -2.10. The lowest BCUT2D eigenvalue weighted by Crippen LogP contribution is -2.13. The van der Waals surface area contributed by atoms with Gasteiger partial charge in [0.05, 0.1) is 5.56 Å². The Morgan fingerprint density at radius 1 is 1.18 bits per heavy atom. The molecule has 1 heterocycles. The number of benzene rings is 1. The average molecular weight is 228 g/mol. The minimum atomic E-state index is -0.0667. The van der Waals surface area contributed by atoms with E-state index in [1.54, 1.807) is 0 Å². The molecule has 1 aromatic heterocycles. The number of aryl methyl sites for hydroxylation is 3. The molecule has 0 radical (unpaired) electrons. The molecular weight excluding hydrogens is 212 g/mol. The second-order valence-electron chi connectivity index (χ2n) is 4.29. The number of anilines is 1. The second kappa shape index (κ2) is 4.45. The fourth-order valence-corrected chi connectivity index (χ4v) is 1.83. The van der Waals surface area contributed by atoms with Crippen LogP contribution < -0.4 is 5.32 Å². The number of amides is 1. The molecule has 3 heteroatoms. The van der Waals surface area contributed by atoms with Crippen molar-refractivity contribution in [1.82, 2.24) is 4.57 Å². The molecule has 2 rings (SSSR count). The third-order valence-electron chi connectivity index (χ3n) is 2.81. The van der Waals surface area contributed by atoms with Crippen molar-refractivity contribution in [2.45, 2.75) is 13.8 Å². The van der Waals surface area contributed by atoms with Gasteiger partial charge in [0, 0.05) is 25.1 Å². The topological polar surface area (TPSA) is 34.0 Å². The van der Waals surface area contributed by atoms with Crippen LogP contribution in [0.15, 0.2) is 36.7 Å². The van der Waals surface area contributed by atoms with Crippen molar-refractivity contribution >= 4 is 11.6 Å². The van der Waals surface area contributed by atoms with Crippen LogP contribution in [-0.2, 0) is 7.05 Å². The van der Waals surface area contributed by atoms with Crippen LogP contribution in [0.1, 0.15) is 21.5 Å². The van der Waals surface area contributed by atoms with E-state index in [-0.39, 0.29) is 5.91 Å². The molecule has 17 heavy (non-hydrogen) atoms. The van der Waals surface area contributed by atoms with Crippen molar-refractivity contribution in [3.8, 4) is 0 Å². The van der Waals surface area contributed by atoms with Crippen molar-refractivity contribution in [3.05, 3.63) is 53.3 Å². The van der Waals surface area contributed by atoms with Gasteiger partial charge in [-0.15, -0.1) is 0 Å². The Morgan fingerprint density at radius 3 is 2.35 bits per heavy atom. The third kappa shape index (κ3) is 2.38. The van der Waals surface area contributed by atoms with E-state index in [1.807, 2.05) is 62.1 Å². The van der Waals surface area contributed by atoms with Crippen LogP contribution in [0.5, 0.6) is 0 Å². The van der Waals surface area contributed by atoms with E-state index in [9.17, 15) is 4.79 Å². The van der Waals surface area contributed by atoms with Gasteiger partial charge in [0.1, 0.15) is 0 Å². The van der Waals surface area contributed by atoms with Gasteiger partial charge >= 0.3 is 0 Å². The summed E-state index contributed by atoms with van der Waals surface area (Å²) in [5.74, 6) is -0.0667. The van der Waals surface area contributed by atoms with Crippen LogP contribution in [0.4, 0.5) is 5.69 Å². The number of carbonyl (C=O) groups is 1. The number of nitrogens with one attached hydrogen (secondary N) is 1. The zero-order valence-corrected chi connectivity index (χ0v) is 10.3. The molecule has 3 nitrogen and oxygen atoms in total. The lowest BCUT2D eigenvalue weighted by molar-refractivity contribution is 0.102. The molecule has 0 aliphatic rings. The second-order valence-corrected chi connectivity index (χ2v) is 4.29. The van der Waals surface area contributed by atoms with Crippen LogP contribution in [0.2, 0.25) is 0 Å². The summed E-state index contributed by atoms with van der Waals surface area (Å²) in [7, 11) is 1.90. The zero-order valence-electron chi connectivity index (χ0n) is 10.3. The number of aromatic nitrogens is 1. The SMILES string of the molecule is Cc1cccc(C)c1NC(=O)c1ccn(C)c1. The van der Waals surface area contributed by atoms with Gasteiger partial charge in [-0.1, -0.05) is 18.2 Å². The molecule has 0 bridgehead atoms. The van der Waals surface area contributed by atoms with Crippen LogP contribution in [0.3, 0.4) is 0 Å². The van der Waals surface area contributed by atoms with Gasteiger partial charge in [0.25, 0.3) is 5.91 Å². The average Bonchev–Trinajstić information content (AvgIpc) is 2.70. The summed E-state index contributed by atoms with van der Waals surface area (Å²) >= 11 is 0. The third-order valence-corrected chi connectivity index (χ3v) is 2.81. The Bertz CT molecular complexity index is 535. The maximum Gasteiger partial charge on any atom is 0.257 e. The summed E-state index contributed by atoms with van der Waals surface area (Å²) in [5.41, 5.74) is 3.74. The van der Waals surface area contributed by atoms with E-state index >= 15 is 0 Å². The molecular formula is C14H16N2O. The molecule has 0 saturated heterocycles. The Balaban J connectivity index is 2.24. The smallest absolute Gasteiger partial charge is 0.257 e. The summed E-state index contributed by atoms with van der Waals surface area (Å²) in [4.78, 5) is 12.0. The van der Waals surface area contributed by atoms with Crippen molar-refractivity contribution in [2.24, 2.45) is 7.05 Å². The molecule has 1 amide bonds. The highest BCUT2D eigenvalue weighted by Gasteiger charge is 2.09. The van der Waals surface area contributed by atoms with Crippen LogP contribution in [0, 0.1) is 13.8 Å². The monoisotopic (exact) mass is 228 g/mol. The van der Waals surface area contributed by atoms with Crippen molar-refractivity contribution in [1.29, 1.82) is 0 Å². The molecule has 1 N–H and O–H groups in total. The molecule has 0 unspecified atom stereocenters. The van der Waals surface area contributed by atoms with Crippen LogP contribution in [0.25, 0.3) is 0 Å². The fourth-order valence-electron chi connectivity index (χ4n) is 1.83. The zero-order chi connectivity index (χ0) is 12.4. The summed E-state index contributed by atoms with van der Waals surface area (Å²) in [6, 6.07) is 7.78. The quantitative estimate of drug-likeness (QED) is 0.842. The van der Waals surface area contributed by atoms with Gasteiger partial charge in [0.15, 0.2) is 0 Å². The van der Waals surface area contributed by atoms with Crippen molar-refractivity contribution in [2.75, 3.05) is 5.32 Å². The number of nitrogens with zero attached hydrogens (tertiary/aromatic N) is 1. The predicted octanol–water partition coefficient (Wildman–Crippen LogP) is 2.89. The highest BCUT2D eigenvalue weighted by molar-refractivity contribution is 6.04. The normalized spacial score (nSPS) is 10.3. The number of carbonyl (C=O) groups excluding carboxylic acids is 1. The van der Waals surface area contributed by atoms with E-state index in [2.05, 4.69) is 5.32 Å². The molecule has 1 aromatic carbocycles. The standard InChI is InChI=1S/C14H16N2O/c1-10-5-4-6-11(2)13(10)15-14(17)12-7-8-16(3)9-12/h4-9H,1-3H3,(H,15,17).